The minimum absolute atomic E-state index is 0.106. The Kier molecular flexibility index (Phi) is 6.91. The molecule has 0 aliphatic rings. The lowest BCUT2D eigenvalue weighted by molar-refractivity contribution is -0.385. The minimum atomic E-state index is -1.07. The third-order valence-corrected chi connectivity index (χ3v) is 3.81. The monoisotopic (exact) mass is 388 g/mol. The van der Waals surface area contributed by atoms with E-state index in [2.05, 4.69) is 5.32 Å². The first-order chi connectivity index (χ1) is 13.3. The molecule has 2 aromatic carbocycles. The molecule has 2 N–H and O–H groups in total. The van der Waals surface area contributed by atoms with Crippen molar-refractivity contribution in [1.82, 2.24) is 5.32 Å². The quantitative estimate of drug-likeness (QED) is 0.499. The van der Waals surface area contributed by atoms with Gasteiger partial charge in [0.05, 0.1) is 17.6 Å². The summed E-state index contributed by atoms with van der Waals surface area (Å²) in [6.45, 7) is 3.30. The fourth-order valence-electron chi connectivity index (χ4n) is 2.44. The van der Waals surface area contributed by atoms with Crippen molar-refractivity contribution in [2.45, 2.75) is 19.9 Å². The van der Waals surface area contributed by atoms with Gasteiger partial charge in [-0.15, -0.1) is 0 Å². The molecule has 0 saturated carbocycles. The molecule has 0 spiro atoms. The van der Waals surface area contributed by atoms with Crippen molar-refractivity contribution in [3.63, 3.8) is 0 Å². The number of carboxylic acids is 1. The van der Waals surface area contributed by atoms with E-state index in [4.69, 9.17) is 14.6 Å². The average molecular weight is 388 g/mol. The summed E-state index contributed by atoms with van der Waals surface area (Å²) in [4.78, 5) is 33.5. The molecule has 148 valence electrons. The molecule has 1 atom stereocenters. The van der Waals surface area contributed by atoms with Crippen LogP contribution in [-0.4, -0.2) is 35.1 Å². The van der Waals surface area contributed by atoms with Crippen LogP contribution in [0.5, 0.6) is 11.5 Å². The van der Waals surface area contributed by atoms with E-state index < -0.39 is 23.4 Å². The lowest BCUT2D eigenvalue weighted by Gasteiger charge is -2.15. The zero-order valence-electron chi connectivity index (χ0n) is 15.4. The van der Waals surface area contributed by atoms with Gasteiger partial charge in [0.15, 0.2) is 12.4 Å². The highest BCUT2D eigenvalue weighted by Crippen LogP contribution is 2.28. The summed E-state index contributed by atoms with van der Waals surface area (Å²) in [6.07, 6.45) is 0. The van der Waals surface area contributed by atoms with Gasteiger partial charge in [0.2, 0.25) is 0 Å². The molecular formula is C19H20N2O7. The van der Waals surface area contributed by atoms with Crippen molar-refractivity contribution < 1.29 is 29.1 Å². The summed E-state index contributed by atoms with van der Waals surface area (Å²) in [6, 6.07) is 10.2. The highest BCUT2D eigenvalue weighted by molar-refractivity contribution is 5.95. The van der Waals surface area contributed by atoms with Crippen LogP contribution in [-0.2, 0) is 4.79 Å². The molecule has 1 unspecified atom stereocenters. The van der Waals surface area contributed by atoms with E-state index in [0.29, 0.717) is 5.75 Å². The maximum Gasteiger partial charge on any atom is 0.341 e. The Labute approximate surface area is 161 Å². The van der Waals surface area contributed by atoms with Crippen molar-refractivity contribution in [3.05, 3.63) is 63.7 Å². The molecule has 9 heteroatoms. The number of hydrogen-bond donors (Lipinski definition) is 2. The Balaban J connectivity index is 2.08. The number of amides is 1. The van der Waals surface area contributed by atoms with Gasteiger partial charge in [0, 0.05) is 11.6 Å². The Morgan fingerprint density at radius 1 is 1.18 bits per heavy atom. The molecule has 0 fully saturated rings. The average Bonchev–Trinajstić information content (AvgIpc) is 2.67. The molecule has 0 aromatic heterocycles. The number of carbonyl (C=O) groups excluding carboxylic acids is 1. The van der Waals surface area contributed by atoms with Gasteiger partial charge in [-0.05, 0) is 43.7 Å². The van der Waals surface area contributed by atoms with Crippen molar-refractivity contribution in [3.8, 4) is 11.5 Å². The normalized spacial score (nSPS) is 11.4. The fourth-order valence-corrected chi connectivity index (χ4v) is 2.44. The van der Waals surface area contributed by atoms with Crippen LogP contribution in [0.2, 0.25) is 0 Å². The number of carbonyl (C=O) groups is 2. The molecule has 0 heterocycles. The van der Waals surface area contributed by atoms with E-state index in [1.54, 1.807) is 38.1 Å². The maximum absolute atomic E-state index is 12.5. The van der Waals surface area contributed by atoms with Gasteiger partial charge in [0.25, 0.3) is 5.91 Å². The van der Waals surface area contributed by atoms with Gasteiger partial charge in [-0.2, -0.15) is 0 Å². The van der Waals surface area contributed by atoms with E-state index in [-0.39, 0.29) is 29.6 Å². The van der Waals surface area contributed by atoms with E-state index in [1.807, 2.05) is 0 Å². The highest BCUT2D eigenvalue weighted by atomic mass is 16.6. The lowest BCUT2D eigenvalue weighted by Crippen LogP contribution is -2.26. The molecule has 0 aliphatic carbocycles. The highest BCUT2D eigenvalue weighted by Gasteiger charge is 2.19. The fraction of sp³-hybridized carbons (Fsp3) is 0.263. The summed E-state index contributed by atoms with van der Waals surface area (Å²) >= 11 is 0. The Morgan fingerprint density at radius 3 is 2.43 bits per heavy atom. The van der Waals surface area contributed by atoms with Gasteiger partial charge in [-0.3, -0.25) is 14.9 Å². The molecule has 2 aromatic rings. The lowest BCUT2D eigenvalue weighted by atomic mass is 10.1. The van der Waals surface area contributed by atoms with Crippen molar-refractivity contribution in [2.24, 2.45) is 0 Å². The Bertz CT molecular complexity index is 865. The zero-order valence-corrected chi connectivity index (χ0v) is 15.4. The Hall–Kier alpha value is -3.62. The van der Waals surface area contributed by atoms with Gasteiger partial charge < -0.3 is 19.9 Å². The molecule has 9 nitrogen and oxygen atoms in total. The van der Waals surface area contributed by atoms with E-state index in [9.17, 15) is 19.7 Å². The van der Waals surface area contributed by atoms with Gasteiger partial charge in [0.1, 0.15) is 5.75 Å². The number of nitro benzene ring substituents is 1. The largest absolute Gasteiger partial charge is 0.487 e. The first-order valence-electron chi connectivity index (χ1n) is 8.48. The summed E-state index contributed by atoms with van der Waals surface area (Å²) in [5.74, 6) is -1.04. The number of ether oxygens (including phenoxy) is 2. The minimum Gasteiger partial charge on any atom is -0.487 e. The predicted octanol–water partition coefficient (Wildman–Crippen LogP) is 2.95. The molecular weight excluding hydrogens is 368 g/mol. The number of carboxylic acid groups (broad SMARTS) is 1. The van der Waals surface area contributed by atoms with Crippen LogP contribution in [0.4, 0.5) is 5.69 Å². The van der Waals surface area contributed by atoms with Crippen LogP contribution in [0, 0.1) is 10.1 Å². The maximum atomic E-state index is 12.5. The second kappa shape index (κ2) is 9.36. The molecule has 0 radical (unpaired) electrons. The summed E-state index contributed by atoms with van der Waals surface area (Å²) < 4.78 is 10.3. The SMILES string of the molecule is CCOc1ccc(C(=O)NC(C)c2ccc(OCC(=O)O)cc2)cc1[N+](=O)[O-]. The standard InChI is InChI=1S/C19H20N2O7/c1-3-27-17-9-6-14(10-16(17)21(25)26)19(24)20-12(2)13-4-7-15(8-5-13)28-11-18(22)23/h4-10,12H,3,11H2,1-2H3,(H,20,24)(H,22,23). The van der Waals surface area contributed by atoms with Crippen molar-refractivity contribution in [1.29, 1.82) is 0 Å². The second-order valence-electron chi connectivity index (χ2n) is 5.82. The van der Waals surface area contributed by atoms with Crippen LogP contribution in [0.25, 0.3) is 0 Å². The number of benzene rings is 2. The topological polar surface area (TPSA) is 128 Å². The first kappa shape index (κ1) is 20.7. The smallest absolute Gasteiger partial charge is 0.341 e. The van der Waals surface area contributed by atoms with Crippen LogP contribution in [0.1, 0.15) is 35.8 Å². The third kappa shape index (κ3) is 5.44. The van der Waals surface area contributed by atoms with Crippen LogP contribution in [0.15, 0.2) is 42.5 Å². The van der Waals surface area contributed by atoms with Gasteiger partial charge >= 0.3 is 11.7 Å². The molecule has 0 bridgehead atoms. The summed E-state index contributed by atoms with van der Waals surface area (Å²) in [7, 11) is 0. The Morgan fingerprint density at radius 2 is 1.86 bits per heavy atom. The second-order valence-corrected chi connectivity index (χ2v) is 5.82. The van der Waals surface area contributed by atoms with Crippen LogP contribution < -0.4 is 14.8 Å². The van der Waals surface area contributed by atoms with E-state index >= 15 is 0 Å². The number of nitrogens with one attached hydrogen (secondary N) is 1. The molecule has 0 saturated heterocycles. The summed E-state index contributed by atoms with van der Waals surface area (Å²) in [5.41, 5.74) is 0.627. The number of hydrogen-bond acceptors (Lipinski definition) is 6. The number of rotatable bonds is 9. The van der Waals surface area contributed by atoms with Gasteiger partial charge in [-0.1, -0.05) is 12.1 Å². The van der Waals surface area contributed by atoms with Gasteiger partial charge in [-0.25, -0.2) is 4.79 Å². The van der Waals surface area contributed by atoms with E-state index in [0.717, 1.165) is 5.56 Å². The van der Waals surface area contributed by atoms with Crippen molar-refractivity contribution in [2.75, 3.05) is 13.2 Å². The predicted molar refractivity (Wildman–Crippen MR) is 99.7 cm³/mol. The number of nitrogens with zero attached hydrogens (tertiary/aromatic N) is 1. The molecule has 28 heavy (non-hydrogen) atoms. The van der Waals surface area contributed by atoms with Crippen molar-refractivity contribution >= 4 is 17.6 Å². The molecule has 1 amide bonds. The third-order valence-electron chi connectivity index (χ3n) is 3.81. The van der Waals surface area contributed by atoms with Crippen LogP contribution in [0.3, 0.4) is 0 Å². The summed E-state index contributed by atoms with van der Waals surface area (Å²) in [5, 5.41) is 22.6. The zero-order chi connectivity index (χ0) is 20.7. The number of aliphatic carboxylic acids is 1. The van der Waals surface area contributed by atoms with Crippen LogP contribution >= 0.6 is 0 Å². The number of nitro groups is 1. The van der Waals surface area contributed by atoms with E-state index in [1.165, 1.54) is 18.2 Å². The molecule has 0 aliphatic heterocycles. The first-order valence-corrected chi connectivity index (χ1v) is 8.48. The molecule has 2 rings (SSSR count).